The van der Waals surface area contributed by atoms with Crippen molar-refractivity contribution in [3.05, 3.63) is 34.9 Å². The van der Waals surface area contributed by atoms with E-state index in [2.05, 4.69) is 16.7 Å². The van der Waals surface area contributed by atoms with Crippen molar-refractivity contribution < 1.29 is 9.59 Å². The zero-order valence-electron chi connectivity index (χ0n) is 14.0. The number of amides is 2. The topological polar surface area (TPSA) is 61.4 Å². The number of rotatable bonds is 3. The molecule has 5 heteroatoms. The average molecular weight is 327 g/mol. The van der Waals surface area contributed by atoms with Gasteiger partial charge in [0.15, 0.2) is 0 Å². The van der Waals surface area contributed by atoms with Crippen molar-refractivity contribution in [2.45, 2.75) is 38.1 Å². The Labute approximate surface area is 142 Å². The van der Waals surface area contributed by atoms with Gasteiger partial charge in [0.05, 0.1) is 6.04 Å². The first-order valence-electron chi connectivity index (χ1n) is 9.03. The van der Waals surface area contributed by atoms with E-state index < -0.39 is 0 Å². The highest BCUT2D eigenvalue weighted by Crippen LogP contribution is 2.39. The molecule has 2 saturated heterocycles. The molecule has 1 aromatic rings. The van der Waals surface area contributed by atoms with Crippen LogP contribution in [0.5, 0.6) is 0 Å². The van der Waals surface area contributed by atoms with Gasteiger partial charge >= 0.3 is 0 Å². The van der Waals surface area contributed by atoms with Crippen molar-refractivity contribution in [1.29, 1.82) is 0 Å². The highest BCUT2D eigenvalue weighted by atomic mass is 16.2. The van der Waals surface area contributed by atoms with Gasteiger partial charge in [0.25, 0.3) is 5.91 Å². The molecule has 24 heavy (non-hydrogen) atoms. The first-order valence-corrected chi connectivity index (χ1v) is 9.03. The minimum Gasteiger partial charge on any atom is -0.352 e. The summed E-state index contributed by atoms with van der Waals surface area (Å²) in [6.07, 6.45) is 6.12. The lowest BCUT2D eigenvalue weighted by molar-refractivity contribution is -0.110. The summed E-state index contributed by atoms with van der Waals surface area (Å²) in [5.41, 5.74) is 3.46. The van der Waals surface area contributed by atoms with E-state index in [1.807, 2.05) is 17.0 Å². The molecule has 5 nitrogen and oxygen atoms in total. The summed E-state index contributed by atoms with van der Waals surface area (Å²) in [6, 6.07) is 6.07. The van der Waals surface area contributed by atoms with Crippen LogP contribution in [0.4, 0.5) is 0 Å². The van der Waals surface area contributed by atoms with Crippen molar-refractivity contribution in [3.8, 4) is 0 Å². The van der Waals surface area contributed by atoms with E-state index in [0.717, 1.165) is 63.0 Å². The molecule has 1 spiro atoms. The molecule has 2 N–H and O–H groups in total. The van der Waals surface area contributed by atoms with Gasteiger partial charge in [-0.2, -0.15) is 0 Å². The lowest BCUT2D eigenvalue weighted by Gasteiger charge is -2.33. The lowest BCUT2D eigenvalue weighted by atomic mass is 9.78. The fourth-order valence-corrected chi connectivity index (χ4v) is 4.65. The molecule has 2 aliphatic heterocycles. The van der Waals surface area contributed by atoms with Crippen LogP contribution >= 0.6 is 0 Å². The van der Waals surface area contributed by atoms with Gasteiger partial charge in [0, 0.05) is 18.7 Å². The van der Waals surface area contributed by atoms with Gasteiger partial charge in [0.2, 0.25) is 6.41 Å². The molecule has 128 valence electrons. The Balaban J connectivity index is 1.51. The van der Waals surface area contributed by atoms with Gasteiger partial charge in [-0.15, -0.1) is 0 Å². The number of piperidine rings is 1. The van der Waals surface area contributed by atoms with Crippen molar-refractivity contribution >= 4 is 12.3 Å². The molecule has 4 rings (SSSR count). The number of hydrogen-bond acceptors (Lipinski definition) is 3. The van der Waals surface area contributed by atoms with Crippen molar-refractivity contribution in [1.82, 2.24) is 15.5 Å². The van der Waals surface area contributed by atoms with Crippen LogP contribution in [0.3, 0.4) is 0 Å². The number of benzene rings is 1. The maximum atomic E-state index is 13.0. The van der Waals surface area contributed by atoms with Crippen LogP contribution in [0.25, 0.3) is 0 Å². The number of fused-ring (bicyclic) bond motifs is 1. The Bertz CT molecular complexity index is 652. The Kier molecular flexibility index (Phi) is 4.04. The van der Waals surface area contributed by atoms with E-state index in [1.54, 1.807) is 0 Å². The van der Waals surface area contributed by atoms with Crippen LogP contribution in [-0.4, -0.2) is 43.4 Å². The smallest absolute Gasteiger partial charge is 0.253 e. The lowest BCUT2D eigenvalue weighted by Crippen LogP contribution is -2.39. The monoisotopic (exact) mass is 327 g/mol. The highest BCUT2D eigenvalue weighted by Gasteiger charge is 2.40. The van der Waals surface area contributed by atoms with Crippen LogP contribution in [-0.2, 0) is 11.2 Å². The molecule has 0 aromatic heterocycles. The Morgan fingerprint density at radius 3 is 2.92 bits per heavy atom. The first-order chi connectivity index (χ1) is 11.7. The number of nitrogens with zero attached hydrogens (tertiary/aromatic N) is 1. The zero-order valence-corrected chi connectivity index (χ0v) is 14.0. The second-order valence-electron chi connectivity index (χ2n) is 7.52. The third kappa shape index (κ3) is 2.71. The number of likely N-dealkylation sites (tertiary alicyclic amines) is 1. The van der Waals surface area contributed by atoms with E-state index in [4.69, 9.17) is 0 Å². The Morgan fingerprint density at radius 2 is 2.12 bits per heavy atom. The van der Waals surface area contributed by atoms with Gasteiger partial charge in [-0.3, -0.25) is 9.59 Å². The number of carbonyl (C=O) groups is 2. The van der Waals surface area contributed by atoms with Crippen LogP contribution in [0, 0.1) is 5.41 Å². The molecule has 1 aliphatic carbocycles. The molecule has 3 aliphatic rings. The molecular weight excluding hydrogens is 302 g/mol. The second kappa shape index (κ2) is 6.20. The summed E-state index contributed by atoms with van der Waals surface area (Å²) in [4.78, 5) is 25.8. The Morgan fingerprint density at radius 1 is 1.29 bits per heavy atom. The predicted molar refractivity (Wildman–Crippen MR) is 91.8 cm³/mol. The zero-order chi connectivity index (χ0) is 16.6. The first kappa shape index (κ1) is 15.6. The molecule has 1 aromatic carbocycles. The molecular formula is C19H25N3O2. The van der Waals surface area contributed by atoms with E-state index in [9.17, 15) is 9.59 Å². The molecule has 1 atom stereocenters. The van der Waals surface area contributed by atoms with Crippen LogP contribution in [0.2, 0.25) is 0 Å². The summed E-state index contributed by atoms with van der Waals surface area (Å²) in [6.45, 7) is 3.90. The van der Waals surface area contributed by atoms with E-state index in [0.29, 0.717) is 5.41 Å². The largest absolute Gasteiger partial charge is 0.352 e. The number of carbonyl (C=O) groups excluding carboxylic acids is 2. The minimum atomic E-state index is 0.0552. The normalized spacial score (nSPS) is 24.8. The average Bonchev–Trinajstić information content (AvgIpc) is 3.20. The van der Waals surface area contributed by atoms with Gasteiger partial charge < -0.3 is 15.5 Å². The third-order valence-corrected chi connectivity index (χ3v) is 6.13. The molecule has 2 amide bonds. The summed E-state index contributed by atoms with van der Waals surface area (Å²) in [5.74, 6) is 0.143. The van der Waals surface area contributed by atoms with Crippen molar-refractivity contribution in [3.63, 3.8) is 0 Å². The number of hydrogen-bond donors (Lipinski definition) is 2. The van der Waals surface area contributed by atoms with Gasteiger partial charge in [-0.05, 0) is 73.9 Å². The SMILES string of the molecule is O=CNC1CCc2ccc(C(=O)N3CCC4(CCNCC4)C3)cc21. The van der Waals surface area contributed by atoms with Gasteiger partial charge in [0.1, 0.15) is 0 Å². The van der Waals surface area contributed by atoms with Crippen LogP contribution < -0.4 is 10.6 Å². The molecule has 1 unspecified atom stereocenters. The fourth-order valence-electron chi connectivity index (χ4n) is 4.65. The fraction of sp³-hybridized carbons (Fsp3) is 0.579. The summed E-state index contributed by atoms with van der Waals surface area (Å²) in [5, 5.41) is 6.29. The summed E-state index contributed by atoms with van der Waals surface area (Å²) >= 11 is 0. The molecule has 0 saturated carbocycles. The van der Waals surface area contributed by atoms with Gasteiger partial charge in [-0.25, -0.2) is 0 Å². The maximum absolute atomic E-state index is 13.0. The Hall–Kier alpha value is -1.88. The third-order valence-electron chi connectivity index (χ3n) is 6.13. The molecule has 2 heterocycles. The van der Waals surface area contributed by atoms with E-state index in [-0.39, 0.29) is 11.9 Å². The quantitative estimate of drug-likeness (QED) is 0.830. The number of aryl methyl sites for hydroxylation is 1. The standard InChI is InChI=1S/C19H25N3O2/c23-13-21-17-4-3-14-1-2-15(11-16(14)17)18(24)22-10-7-19(12-22)5-8-20-9-6-19/h1-2,11,13,17,20H,3-10,12H2,(H,21,23). The number of nitrogens with one attached hydrogen (secondary N) is 2. The van der Waals surface area contributed by atoms with Crippen LogP contribution in [0.1, 0.15) is 53.2 Å². The predicted octanol–water partition coefficient (Wildman–Crippen LogP) is 1.64. The second-order valence-corrected chi connectivity index (χ2v) is 7.52. The highest BCUT2D eigenvalue weighted by molar-refractivity contribution is 5.94. The minimum absolute atomic E-state index is 0.0552. The van der Waals surface area contributed by atoms with Crippen molar-refractivity contribution in [2.75, 3.05) is 26.2 Å². The van der Waals surface area contributed by atoms with Gasteiger partial charge in [-0.1, -0.05) is 6.07 Å². The molecule has 2 fully saturated rings. The van der Waals surface area contributed by atoms with E-state index >= 15 is 0 Å². The summed E-state index contributed by atoms with van der Waals surface area (Å²) in [7, 11) is 0. The molecule has 0 bridgehead atoms. The maximum Gasteiger partial charge on any atom is 0.253 e. The summed E-state index contributed by atoms with van der Waals surface area (Å²) < 4.78 is 0. The van der Waals surface area contributed by atoms with E-state index in [1.165, 1.54) is 18.4 Å². The van der Waals surface area contributed by atoms with Crippen molar-refractivity contribution in [2.24, 2.45) is 5.41 Å². The molecule has 0 radical (unpaired) electrons. The van der Waals surface area contributed by atoms with Crippen LogP contribution in [0.15, 0.2) is 18.2 Å².